The first kappa shape index (κ1) is 15.7. The van der Waals surface area contributed by atoms with E-state index in [2.05, 4.69) is 26.6 Å². The van der Waals surface area contributed by atoms with Crippen LogP contribution in [0, 0.1) is 0 Å². The summed E-state index contributed by atoms with van der Waals surface area (Å²) in [6.07, 6.45) is 0. The molecule has 0 saturated heterocycles. The minimum Gasteiger partial charge on any atom is -0.497 e. The Morgan fingerprint density at radius 2 is 1.90 bits per heavy atom. The number of carbonyl (C=O) groups is 1. The van der Waals surface area contributed by atoms with Crippen molar-refractivity contribution in [3.63, 3.8) is 0 Å². The fourth-order valence-corrected chi connectivity index (χ4v) is 2.30. The molecular weight excluding hydrogens is 356 g/mol. The standard InChI is InChI=1S/C15H14BrClN2O2/c1-21-14-7-10(16)6-13(8-14)18-9-15(20)19-12-4-2-11(17)3-5-12/h2-8,18H,9H2,1H3,(H,19,20). The first-order valence-corrected chi connectivity index (χ1v) is 7.38. The minimum atomic E-state index is -0.142. The van der Waals surface area contributed by atoms with Gasteiger partial charge in [0.25, 0.3) is 0 Å². The number of benzene rings is 2. The van der Waals surface area contributed by atoms with Crippen LogP contribution in [0.4, 0.5) is 11.4 Å². The monoisotopic (exact) mass is 368 g/mol. The first-order chi connectivity index (χ1) is 10.1. The van der Waals surface area contributed by atoms with Gasteiger partial charge in [-0.05, 0) is 36.4 Å². The Kier molecular flexibility index (Phi) is 5.47. The Morgan fingerprint density at radius 1 is 1.19 bits per heavy atom. The van der Waals surface area contributed by atoms with Gasteiger partial charge in [-0.3, -0.25) is 4.79 Å². The van der Waals surface area contributed by atoms with E-state index in [4.69, 9.17) is 16.3 Å². The molecule has 6 heteroatoms. The zero-order chi connectivity index (χ0) is 15.2. The average Bonchev–Trinajstić information content (AvgIpc) is 2.47. The van der Waals surface area contributed by atoms with Crippen molar-refractivity contribution in [3.8, 4) is 5.75 Å². The summed E-state index contributed by atoms with van der Waals surface area (Å²) in [4.78, 5) is 11.9. The summed E-state index contributed by atoms with van der Waals surface area (Å²) >= 11 is 9.18. The summed E-state index contributed by atoms with van der Waals surface area (Å²) < 4.78 is 6.04. The van der Waals surface area contributed by atoms with E-state index in [9.17, 15) is 4.79 Å². The Bertz CT molecular complexity index is 632. The van der Waals surface area contributed by atoms with Gasteiger partial charge in [-0.2, -0.15) is 0 Å². The number of hydrogen-bond donors (Lipinski definition) is 2. The molecule has 0 aliphatic carbocycles. The first-order valence-electron chi connectivity index (χ1n) is 6.20. The summed E-state index contributed by atoms with van der Waals surface area (Å²) in [6.45, 7) is 0.155. The van der Waals surface area contributed by atoms with Crippen molar-refractivity contribution < 1.29 is 9.53 Å². The smallest absolute Gasteiger partial charge is 0.243 e. The maximum atomic E-state index is 11.9. The summed E-state index contributed by atoms with van der Waals surface area (Å²) in [5, 5.41) is 6.45. The van der Waals surface area contributed by atoms with E-state index < -0.39 is 0 Å². The normalized spacial score (nSPS) is 10.0. The lowest BCUT2D eigenvalue weighted by molar-refractivity contribution is -0.114. The summed E-state index contributed by atoms with van der Waals surface area (Å²) in [6, 6.07) is 12.5. The van der Waals surface area contributed by atoms with Gasteiger partial charge in [0.15, 0.2) is 0 Å². The lowest BCUT2D eigenvalue weighted by Crippen LogP contribution is -2.21. The molecule has 0 unspecified atom stereocenters. The summed E-state index contributed by atoms with van der Waals surface area (Å²) in [5.41, 5.74) is 1.51. The quantitative estimate of drug-likeness (QED) is 0.832. The van der Waals surface area contributed by atoms with Crippen LogP contribution in [0.25, 0.3) is 0 Å². The molecule has 2 aromatic rings. The van der Waals surface area contributed by atoms with Gasteiger partial charge < -0.3 is 15.4 Å². The third-order valence-electron chi connectivity index (χ3n) is 2.69. The predicted octanol–water partition coefficient (Wildman–Crippen LogP) is 4.16. The largest absolute Gasteiger partial charge is 0.497 e. The minimum absolute atomic E-state index is 0.142. The van der Waals surface area contributed by atoms with Gasteiger partial charge >= 0.3 is 0 Å². The maximum absolute atomic E-state index is 11.9. The molecule has 21 heavy (non-hydrogen) atoms. The highest BCUT2D eigenvalue weighted by atomic mass is 79.9. The van der Waals surface area contributed by atoms with E-state index in [0.717, 1.165) is 10.2 Å². The fourth-order valence-electron chi connectivity index (χ4n) is 1.70. The third-order valence-corrected chi connectivity index (χ3v) is 3.40. The molecule has 0 atom stereocenters. The molecule has 0 heterocycles. The molecule has 0 saturated carbocycles. The molecule has 0 aliphatic rings. The number of ether oxygens (including phenoxy) is 1. The molecule has 0 fully saturated rings. The van der Waals surface area contributed by atoms with Crippen molar-refractivity contribution in [3.05, 3.63) is 52.0 Å². The number of hydrogen-bond acceptors (Lipinski definition) is 3. The number of halogens is 2. The molecule has 0 aliphatic heterocycles. The van der Waals surface area contributed by atoms with Crippen molar-refractivity contribution in [1.82, 2.24) is 0 Å². The summed E-state index contributed by atoms with van der Waals surface area (Å²) in [7, 11) is 1.60. The SMILES string of the molecule is COc1cc(Br)cc(NCC(=O)Nc2ccc(Cl)cc2)c1. The van der Waals surface area contributed by atoms with Gasteiger partial charge in [0.2, 0.25) is 5.91 Å². The van der Waals surface area contributed by atoms with Crippen LogP contribution in [0.3, 0.4) is 0 Å². The van der Waals surface area contributed by atoms with Gasteiger partial charge in [0, 0.05) is 26.9 Å². The van der Waals surface area contributed by atoms with Crippen molar-refractivity contribution in [2.45, 2.75) is 0 Å². The zero-order valence-electron chi connectivity index (χ0n) is 11.3. The zero-order valence-corrected chi connectivity index (χ0v) is 13.7. The lowest BCUT2D eigenvalue weighted by Gasteiger charge is -2.10. The molecular formula is C15H14BrClN2O2. The van der Waals surface area contributed by atoms with E-state index in [1.54, 1.807) is 31.4 Å². The second-order valence-electron chi connectivity index (χ2n) is 4.29. The number of rotatable bonds is 5. The second kappa shape index (κ2) is 7.33. The van der Waals surface area contributed by atoms with E-state index >= 15 is 0 Å². The van der Waals surface area contributed by atoms with Crippen LogP contribution in [0.1, 0.15) is 0 Å². The second-order valence-corrected chi connectivity index (χ2v) is 5.64. The molecule has 2 aromatic carbocycles. The number of nitrogens with one attached hydrogen (secondary N) is 2. The predicted molar refractivity (Wildman–Crippen MR) is 89.3 cm³/mol. The molecule has 0 radical (unpaired) electrons. The number of amides is 1. The van der Waals surface area contributed by atoms with E-state index in [0.29, 0.717) is 16.5 Å². The van der Waals surface area contributed by atoms with E-state index in [1.807, 2.05) is 18.2 Å². The summed E-state index contributed by atoms with van der Waals surface area (Å²) in [5.74, 6) is 0.571. The molecule has 2 rings (SSSR count). The average molecular weight is 370 g/mol. The van der Waals surface area contributed by atoms with Crippen LogP contribution in [-0.2, 0) is 4.79 Å². The third kappa shape index (κ3) is 4.95. The van der Waals surface area contributed by atoms with Crippen LogP contribution >= 0.6 is 27.5 Å². The van der Waals surface area contributed by atoms with E-state index in [1.165, 1.54) is 0 Å². The number of anilines is 2. The number of carbonyl (C=O) groups excluding carboxylic acids is 1. The van der Waals surface area contributed by atoms with Gasteiger partial charge in [-0.25, -0.2) is 0 Å². The van der Waals surface area contributed by atoms with Crippen molar-refractivity contribution >= 4 is 44.8 Å². The molecule has 0 aromatic heterocycles. The molecule has 1 amide bonds. The van der Waals surface area contributed by atoms with Crippen LogP contribution < -0.4 is 15.4 Å². The fraction of sp³-hybridized carbons (Fsp3) is 0.133. The van der Waals surface area contributed by atoms with Crippen LogP contribution in [0.2, 0.25) is 5.02 Å². The van der Waals surface area contributed by atoms with E-state index in [-0.39, 0.29) is 12.5 Å². The maximum Gasteiger partial charge on any atom is 0.243 e. The molecule has 110 valence electrons. The van der Waals surface area contributed by atoms with Crippen LogP contribution in [0.5, 0.6) is 5.75 Å². The Balaban J connectivity index is 1.92. The topological polar surface area (TPSA) is 50.4 Å². The lowest BCUT2D eigenvalue weighted by atomic mass is 10.3. The van der Waals surface area contributed by atoms with Crippen molar-refractivity contribution in [2.75, 3.05) is 24.3 Å². The Morgan fingerprint density at radius 3 is 2.57 bits per heavy atom. The van der Waals surface area contributed by atoms with Crippen molar-refractivity contribution in [1.29, 1.82) is 0 Å². The van der Waals surface area contributed by atoms with Gasteiger partial charge in [-0.15, -0.1) is 0 Å². The highest BCUT2D eigenvalue weighted by Gasteiger charge is 2.04. The molecule has 0 spiro atoms. The van der Waals surface area contributed by atoms with Gasteiger partial charge in [0.05, 0.1) is 13.7 Å². The highest BCUT2D eigenvalue weighted by molar-refractivity contribution is 9.10. The number of methoxy groups -OCH3 is 1. The molecule has 4 nitrogen and oxygen atoms in total. The van der Waals surface area contributed by atoms with Crippen LogP contribution in [-0.4, -0.2) is 19.6 Å². The van der Waals surface area contributed by atoms with Gasteiger partial charge in [0.1, 0.15) is 5.75 Å². The van der Waals surface area contributed by atoms with Gasteiger partial charge in [-0.1, -0.05) is 27.5 Å². The Labute approximate surface area is 136 Å². The molecule has 2 N–H and O–H groups in total. The molecule has 0 bridgehead atoms. The Hall–Kier alpha value is -1.72. The van der Waals surface area contributed by atoms with Crippen molar-refractivity contribution in [2.24, 2.45) is 0 Å². The van der Waals surface area contributed by atoms with Crippen LogP contribution in [0.15, 0.2) is 46.9 Å². The highest BCUT2D eigenvalue weighted by Crippen LogP contribution is 2.24.